The van der Waals surface area contributed by atoms with Gasteiger partial charge in [-0.2, -0.15) is 0 Å². The molecule has 0 aromatic rings. The molecule has 7 nitrogen and oxygen atoms in total. The number of carbonyl (C=O) groups excluding carboxylic acids is 1. The Morgan fingerprint density at radius 1 is 1.21 bits per heavy atom. The average molecular weight is 290 g/mol. The third kappa shape index (κ3) is 5.46. The second kappa shape index (κ2) is 6.74. The zero-order chi connectivity index (χ0) is 14.5. The van der Waals surface area contributed by atoms with Gasteiger partial charge < -0.3 is 15.1 Å². The summed E-state index contributed by atoms with van der Waals surface area (Å²) < 4.78 is 22.1. The highest BCUT2D eigenvalue weighted by atomic mass is 32.2. The second-order valence-electron chi connectivity index (χ2n) is 4.60. The largest absolute Gasteiger partial charge is 0.355 e. The van der Waals surface area contributed by atoms with Gasteiger partial charge in [-0.3, -0.25) is 9.79 Å². The van der Waals surface area contributed by atoms with Crippen molar-refractivity contribution in [3.05, 3.63) is 0 Å². The van der Waals surface area contributed by atoms with Crippen LogP contribution in [0.15, 0.2) is 4.99 Å². The maximum atomic E-state index is 11.2. The Labute approximate surface area is 114 Å². The van der Waals surface area contributed by atoms with Crippen LogP contribution in [0, 0.1) is 0 Å². The maximum Gasteiger partial charge on any atom is 0.219 e. The summed E-state index contributed by atoms with van der Waals surface area (Å²) in [7, 11) is -1.30. The number of nitrogens with zero attached hydrogens (tertiary/aromatic N) is 3. The van der Waals surface area contributed by atoms with E-state index in [9.17, 15) is 13.2 Å². The standard InChI is InChI=1S/C11H22N4O3S/c1-10(16)14-5-7-15(8-6-14)11(12-2)13-4-9-19(3,17)18/h4-9H2,1-3H3,(H,12,13). The number of amides is 1. The van der Waals surface area contributed by atoms with Crippen LogP contribution in [0.25, 0.3) is 0 Å². The summed E-state index contributed by atoms with van der Waals surface area (Å²) >= 11 is 0. The van der Waals surface area contributed by atoms with Crippen LogP contribution in [0.5, 0.6) is 0 Å². The van der Waals surface area contributed by atoms with Crippen LogP contribution in [0.1, 0.15) is 6.92 Å². The molecule has 1 N–H and O–H groups in total. The van der Waals surface area contributed by atoms with Crippen molar-refractivity contribution >= 4 is 21.7 Å². The van der Waals surface area contributed by atoms with Crippen molar-refractivity contribution in [1.82, 2.24) is 15.1 Å². The lowest BCUT2D eigenvalue weighted by molar-refractivity contribution is -0.130. The maximum absolute atomic E-state index is 11.2. The normalized spacial score (nSPS) is 17.5. The minimum Gasteiger partial charge on any atom is -0.355 e. The Kier molecular flexibility index (Phi) is 5.59. The monoisotopic (exact) mass is 290 g/mol. The number of sulfone groups is 1. The molecule has 0 aliphatic carbocycles. The summed E-state index contributed by atoms with van der Waals surface area (Å²) in [6, 6.07) is 0. The fraction of sp³-hybridized carbons (Fsp3) is 0.818. The van der Waals surface area contributed by atoms with Gasteiger partial charge in [-0.1, -0.05) is 0 Å². The summed E-state index contributed by atoms with van der Waals surface area (Å²) in [4.78, 5) is 19.2. The molecule has 8 heteroatoms. The average Bonchev–Trinajstić information content (AvgIpc) is 2.33. The molecule has 1 aliphatic heterocycles. The third-order valence-electron chi connectivity index (χ3n) is 2.99. The summed E-state index contributed by atoms with van der Waals surface area (Å²) in [5.41, 5.74) is 0. The van der Waals surface area contributed by atoms with Crippen molar-refractivity contribution in [2.45, 2.75) is 6.92 Å². The van der Waals surface area contributed by atoms with Crippen molar-refractivity contribution in [2.24, 2.45) is 4.99 Å². The molecule has 0 spiro atoms. The minimum atomic E-state index is -2.97. The van der Waals surface area contributed by atoms with Gasteiger partial charge in [0.1, 0.15) is 9.84 Å². The first kappa shape index (κ1) is 15.7. The molecule has 0 aromatic heterocycles. The number of nitrogens with one attached hydrogen (secondary N) is 1. The number of rotatable bonds is 3. The first-order valence-corrected chi connectivity index (χ1v) is 8.28. The van der Waals surface area contributed by atoms with E-state index >= 15 is 0 Å². The van der Waals surface area contributed by atoms with Gasteiger partial charge in [0.2, 0.25) is 5.91 Å². The molecule has 1 amide bonds. The number of guanidine groups is 1. The molecule has 0 saturated carbocycles. The fourth-order valence-corrected chi connectivity index (χ4v) is 2.39. The molecule has 1 rings (SSSR count). The van der Waals surface area contributed by atoms with Crippen molar-refractivity contribution in [1.29, 1.82) is 0 Å². The number of hydrogen-bond acceptors (Lipinski definition) is 4. The van der Waals surface area contributed by atoms with Gasteiger partial charge >= 0.3 is 0 Å². The van der Waals surface area contributed by atoms with Crippen LogP contribution in [-0.2, 0) is 14.6 Å². The quantitative estimate of drug-likeness (QED) is 0.520. The Morgan fingerprint density at radius 3 is 2.16 bits per heavy atom. The fourth-order valence-electron chi connectivity index (χ4n) is 1.91. The molecule has 1 aliphatic rings. The van der Waals surface area contributed by atoms with Gasteiger partial charge in [0.25, 0.3) is 0 Å². The van der Waals surface area contributed by atoms with E-state index in [1.54, 1.807) is 18.9 Å². The smallest absolute Gasteiger partial charge is 0.219 e. The first-order chi connectivity index (χ1) is 8.83. The molecule has 0 atom stereocenters. The van der Waals surface area contributed by atoms with Crippen molar-refractivity contribution in [3.8, 4) is 0 Å². The van der Waals surface area contributed by atoms with E-state index in [2.05, 4.69) is 10.3 Å². The molecule has 0 aromatic carbocycles. The van der Waals surface area contributed by atoms with E-state index in [4.69, 9.17) is 0 Å². The molecule has 1 fully saturated rings. The molecule has 1 saturated heterocycles. The van der Waals surface area contributed by atoms with Crippen LogP contribution < -0.4 is 5.32 Å². The van der Waals surface area contributed by atoms with Gasteiger partial charge in [-0.25, -0.2) is 8.42 Å². The van der Waals surface area contributed by atoms with E-state index < -0.39 is 9.84 Å². The van der Waals surface area contributed by atoms with Gasteiger partial charge in [0.15, 0.2) is 5.96 Å². The minimum absolute atomic E-state index is 0.0828. The Morgan fingerprint density at radius 2 is 1.74 bits per heavy atom. The molecule has 0 bridgehead atoms. The summed E-state index contributed by atoms with van der Waals surface area (Å²) in [6.07, 6.45) is 1.21. The second-order valence-corrected chi connectivity index (χ2v) is 6.86. The third-order valence-corrected chi connectivity index (χ3v) is 3.94. The lowest BCUT2D eigenvalue weighted by Gasteiger charge is -2.36. The van der Waals surface area contributed by atoms with Crippen LogP contribution >= 0.6 is 0 Å². The zero-order valence-electron chi connectivity index (χ0n) is 11.7. The number of piperazine rings is 1. The topological polar surface area (TPSA) is 82.1 Å². The molecule has 1 heterocycles. The lowest BCUT2D eigenvalue weighted by atomic mass is 10.3. The van der Waals surface area contributed by atoms with Crippen LogP contribution in [0.3, 0.4) is 0 Å². The SMILES string of the molecule is CN=C(NCCS(C)(=O)=O)N1CCN(C(C)=O)CC1. The van der Waals surface area contributed by atoms with Crippen LogP contribution in [0.4, 0.5) is 0 Å². The van der Waals surface area contributed by atoms with E-state index in [1.165, 1.54) is 6.26 Å². The molecule has 19 heavy (non-hydrogen) atoms. The van der Waals surface area contributed by atoms with E-state index in [1.807, 2.05) is 4.90 Å². The van der Waals surface area contributed by atoms with E-state index in [-0.39, 0.29) is 11.7 Å². The van der Waals surface area contributed by atoms with Crippen molar-refractivity contribution in [3.63, 3.8) is 0 Å². The Bertz CT molecular complexity index is 439. The van der Waals surface area contributed by atoms with E-state index in [0.29, 0.717) is 38.7 Å². The highest BCUT2D eigenvalue weighted by Crippen LogP contribution is 2.02. The molecular weight excluding hydrogens is 268 g/mol. The molecule has 0 radical (unpaired) electrons. The lowest BCUT2D eigenvalue weighted by Crippen LogP contribution is -2.53. The predicted octanol–water partition coefficient (Wildman–Crippen LogP) is -1.23. The van der Waals surface area contributed by atoms with Crippen molar-refractivity contribution < 1.29 is 13.2 Å². The molecule has 0 unspecified atom stereocenters. The molecular formula is C11H22N4O3S. The Balaban J connectivity index is 2.43. The summed E-state index contributed by atoms with van der Waals surface area (Å²) in [5, 5.41) is 3.03. The Hall–Kier alpha value is -1.31. The van der Waals surface area contributed by atoms with E-state index in [0.717, 1.165) is 0 Å². The highest BCUT2D eigenvalue weighted by Gasteiger charge is 2.20. The number of hydrogen-bond donors (Lipinski definition) is 1. The van der Waals surface area contributed by atoms with Gasteiger partial charge in [-0.05, 0) is 0 Å². The van der Waals surface area contributed by atoms with Crippen LogP contribution in [-0.4, -0.2) is 81.9 Å². The predicted molar refractivity (Wildman–Crippen MR) is 74.9 cm³/mol. The number of aliphatic imine (C=N–C) groups is 1. The van der Waals surface area contributed by atoms with Crippen LogP contribution in [0.2, 0.25) is 0 Å². The summed E-state index contributed by atoms with van der Waals surface area (Å²) in [6.45, 7) is 4.66. The van der Waals surface area contributed by atoms with Crippen molar-refractivity contribution in [2.75, 3.05) is 51.8 Å². The van der Waals surface area contributed by atoms with Gasteiger partial charge in [-0.15, -0.1) is 0 Å². The van der Waals surface area contributed by atoms with Gasteiger partial charge in [0, 0.05) is 53.0 Å². The first-order valence-electron chi connectivity index (χ1n) is 6.22. The zero-order valence-corrected chi connectivity index (χ0v) is 12.5. The summed E-state index contributed by atoms with van der Waals surface area (Å²) in [5.74, 6) is 0.853. The highest BCUT2D eigenvalue weighted by molar-refractivity contribution is 7.90. The molecule has 110 valence electrons. The number of carbonyl (C=O) groups is 1. The van der Waals surface area contributed by atoms with Gasteiger partial charge in [0.05, 0.1) is 5.75 Å².